The topological polar surface area (TPSA) is 109 Å². The van der Waals surface area contributed by atoms with Crippen LogP contribution in [0.5, 0.6) is 0 Å². The van der Waals surface area contributed by atoms with Crippen molar-refractivity contribution in [3.63, 3.8) is 0 Å². The van der Waals surface area contributed by atoms with Crippen LogP contribution < -0.4 is 4.90 Å². The maximum absolute atomic E-state index is 13.0. The van der Waals surface area contributed by atoms with Gasteiger partial charge in [-0.3, -0.25) is 14.9 Å². The van der Waals surface area contributed by atoms with E-state index in [-0.39, 0.29) is 18.2 Å². The van der Waals surface area contributed by atoms with E-state index in [1.165, 1.54) is 6.07 Å². The monoisotopic (exact) mass is 400 g/mol. The zero-order valence-electron chi connectivity index (χ0n) is 16.7. The van der Waals surface area contributed by atoms with E-state index in [1.54, 1.807) is 43.9 Å². The SMILES string of the molecule is CCOC(=O)c1c(C)[nH]c(C(=O)N2CCN(c3ccccc3[N+](=O)[O-])CC2)c1C. The molecule has 1 amide bonds. The third-order valence-corrected chi connectivity index (χ3v) is 5.12. The van der Waals surface area contributed by atoms with Gasteiger partial charge in [0.2, 0.25) is 0 Å². The zero-order chi connectivity index (χ0) is 21.1. The molecule has 1 aliphatic heterocycles. The van der Waals surface area contributed by atoms with Crippen LogP contribution in [0.25, 0.3) is 0 Å². The van der Waals surface area contributed by atoms with Gasteiger partial charge in [0.1, 0.15) is 11.4 Å². The number of aromatic nitrogens is 1. The molecule has 0 bridgehead atoms. The summed E-state index contributed by atoms with van der Waals surface area (Å²) in [5.74, 6) is -0.637. The van der Waals surface area contributed by atoms with Crippen molar-refractivity contribution >= 4 is 23.3 Å². The van der Waals surface area contributed by atoms with Gasteiger partial charge < -0.3 is 19.5 Å². The van der Waals surface area contributed by atoms with Crippen LogP contribution in [-0.2, 0) is 4.74 Å². The third-order valence-electron chi connectivity index (χ3n) is 5.12. The highest BCUT2D eigenvalue weighted by Gasteiger charge is 2.29. The maximum atomic E-state index is 13.0. The Morgan fingerprint density at radius 2 is 1.83 bits per heavy atom. The summed E-state index contributed by atoms with van der Waals surface area (Å²) in [6.45, 7) is 7.29. The molecule has 1 aromatic heterocycles. The van der Waals surface area contributed by atoms with Gasteiger partial charge in [0, 0.05) is 37.9 Å². The van der Waals surface area contributed by atoms with Crippen LogP contribution >= 0.6 is 0 Å². The molecule has 0 unspecified atom stereocenters. The first-order valence-electron chi connectivity index (χ1n) is 9.49. The number of carbonyl (C=O) groups is 2. The van der Waals surface area contributed by atoms with Gasteiger partial charge in [0.25, 0.3) is 11.6 Å². The Bertz CT molecular complexity index is 944. The van der Waals surface area contributed by atoms with Crippen LogP contribution in [0.2, 0.25) is 0 Å². The van der Waals surface area contributed by atoms with E-state index < -0.39 is 10.9 Å². The number of anilines is 1. The van der Waals surface area contributed by atoms with E-state index in [0.29, 0.717) is 54.4 Å². The van der Waals surface area contributed by atoms with Crippen molar-refractivity contribution in [1.82, 2.24) is 9.88 Å². The van der Waals surface area contributed by atoms with Crippen LogP contribution in [0, 0.1) is 24.0 Å². The molecular formula is C20H24N4O5. The number of hydrogen-bond acceptors (Lipinski definition) is 6. The molecule has 1 saturated heterocycles. The van der Waals surface area contributed by atoms with Gasteiger partial charge in [0.05, 0.1) is 17.1 Å². The number of aromatic amines is 1. The second kappa shape index (κ2) is 8.34. The number of amides is 1. The molecule has 9 nitrogen and oxygen atoms in total. The van der Waals surface area contributed by atoms with Crippen LogP contribution in [0.4, 0.5) is 11.4 Å². The van der Waals surface area contributed by atoms with Gasteiger partial charge in [-0.05, 0) is 32.4 Å². The fourth-order valence-electron chi connectivity index (χ4n) is 3.67. The fraction of sp³-hybridized carbons (Fsp3) is 0.400. The van der Waals surface area contributed by atoms with Gasteiger partial charge in [-0.15, -0.1) is 0 Å². The number of ether oxygens (including phenoxy) is 1. The van der Waals surface area contributed by atoms with Crippen molar-refractivity contribution in [2.24, 2.45) is 0 Å². The second-order valence-corrected chi connectivity index (χ2v) is 6.87. The molecule has 2 heterocycles. The van der Waals surface area contributed by atoms with Crippen LogP contribution in [0.1, 0.15) is 39.0 Å². The molecule has 0 radical (unpaired) electrons. The molecule has 0 aliphatic carbocycles. The number of hydrogen-bond donors (Lipinski definition) is 1. The minimum Gasteiger partial charge on any atom is -0.462 e. The van der Waals surface area contributed by atoms with E-state index in [4.69, 9.17) is 4.74 Å². The molecule has 9 heteroatoms. The lowest BCUT2D eigenvalue weighted by atomic mass is 10.1. The largest absolute Gasteiger partial charge is 0.462 e. The normalized spacial score (nSPS) is 14.0. The van der Waals surface area contributed by atoms with Gasteiger partial charge in [0.15, 0.2) is 0 Å². The Kier molecular flexibility index (Phi) is 5.86. The lowest BCUT2D eigenvalue weighted by Gasteiger charge is -2.35. The van der Waals surface area contributed by atoms with Crippen LogP contribution in [0.15, 0.2) is 24.3 Å². The quantitative estimate of drug-likeness (QED) is 0.470. The second-order valence-electron chi connectivity index (χ2n) is 6.87. The summed E-state index contributed by atoms with van der Waals surface area (Å²) >= 11 is 0. The highest BCUT2D eigenvalue weighted by atomic mass is 16.6. The first kappa shape index (κ1) is 20.4. The first-order valence-corrected chi connectivity index (χ1v) is 9.49. The van der Waals surface area contributed by atoms with Crippen molar-refractivity contribution in [1.29, 1.82) is 0 Å². The minimum atomic E-state index is -0.445. The lowest BCUT2D eigenvalue weighted by molar-refractivity contribution is -0.384. The van der Waals surface area contributed by atoms with Crippen molar-refractivity contribution < 1.29 is 19.2 Å². The average molecular weight is 400 g/mol. The number of aryl methyl sites for hydroxylation is 1. The van der Waals surface area contributed by atoms with Crippen LogP contribution in [0.3, 0.4) is 0 Å². The molecule has 3 rings (SSSR count). The first-order chi connectivity index (χ1) is 13.8. The van der Waals surface area contributed by atoms with Gasteiger partial charge in [-0.1, -0.05) is 12.1 Å². The number of nitro groups is 1. The molecule has 0 spiro atoms. The Morgan fingerprint density at radius 1 is 1.17 bits per heavy atom. The van der Waals surface area contributed by atoms with E-state index in [0.717, 1.165) is 0 Å². The summed E-state index contributed by atoms with van der Waals surface area (Å²) in [7, 11) is 0. The molecule has 29 heavy (non-hydrogen) atoms. The summed E-state index contributed by atoms with van der Waals surface area (Å²) in [5.41, 5.74) is 2.57. The summed E-state index contributed by atoms with van der Waals surface area (Å²) in [5, 5.41) is 11.3. The number of piperazine rings is 1. The number of nitro benzene ring substituents is 1. The number of nitrogens with zero attached hydrogens (tertiary/aromatic N) is 3. The average Bonchev–Trinajstić information content (AvgIpc) is 3.01. The molecule has 1 N–H and O–H groups in total. The number of benzene rings is 1. The number of esters is 1. The molecule has 0 saturated carbocycles. The van der Waals surface area contributed by atoms with E-state index in [9.17, 15) is 19.7 Å². The molecule has 1 aliphatic rings. The molecule has 154 valence electrons. The van der Waals surface area contributed by atoms with E-state index >= 15 is 0 Å². The standard InChI is InChI=1S/C20H24N4O5/c1-4-29-20(26)17-13(2)18(21-14(17)3)19(25)23-11-9-22(10-12-23)15-7-5-6-8-16(15)24(27)28/h5-8,21H,4,9-12H2,1-3H3. The lowest BCUT2D eigenvalue weighted by Crippen LogP contribution is -2.49. The van der Waals surface area contributed by atoms with E-state index in [1.807, 2.05) is 4.90 Å². The Hall–Kier alpha value is -3.36. The summed E-state index contributed by atoms with van der Waals surface area (Å²) < 4.78 is 5.08. The molecule has 1 aromatic carbocycles. The van der Waals surface area contributed by atoms with Gasteiger partial charge in [-0.25, -0.2) is 4.79 Å². The number of H-pyrrole nitrogens is 1. The number of nitrogens with one attached hydrogen (secondary N) is 1. The smallest absolute Gasteiger partial charge is 0.340 e. The summed E-state index contributed by atoms with van der Waals surface area (Å²) in [6.07, 6.45) is 0. The van der Waals surface area contributed by atoms with Crippen molar-refractivity contribution in [2.75, 3.05) is 37.7 Å². The predicted octanol–water partition coefficient (Wildman–Crippen LogP) is 2.68. The van der Waals surface area contributed by atoms with Gasteiger partial charge in [-0.2, -0.15) is 0 Å². The molecule has 0 atom stereocenters. The van der Waals surface area contributed by atoms with E-state index in [2.05, 4.69) is 4.98 Å². The molecule has 1 fully saturated rings. The predicted molar refractivity (Wildman–Crippen MR) is 107 cm³/mol. The fourth-order valence-corrected chi connectivity index (χ4v) is 3.67. The third kappa shape index (κ3) is 3.94. The number of carbonyl (C=O) groups excluding carboxylic acids is 2. The summed E-state index contributed by atoms with van der Waals surface area (Å²) in [4.78, 5) is 42.7. The van der Waals surface area contributed by atoms with Crippen LogP contribution in [-0.4, -0.2) is 59.5 Å². The number of para-hydroxylation sites is 2. The highest BCUT2D eigenvalue weighted by molar-refractivity contribution is 6.00. The van der Waals surface area contributed by atoms with Gasteiger partial charge >= 0.3 is 5.97 Å². The Balaban J connectivity index is 1.74. The van der Waals surface area contributed by atoms with Crippen molar-refractivity contribution in [2.45, 2.75) is 20.8 Å². The molecular weight excluding hydrogens is 376 g/mol. The Labute approximate surface area is 168 Å². The Morgan fingerprint density at radius 3 is 2.45 bits per heavy atom. The van der Waals surface area contributed by atoms with Crippen molar-refractivity contribution in [3.8, 4) is 0 Å². The minimum absolute atomic E-state index is 0.0576. The summed E-state index contributed by atoms with van der Waals surface area (Å²) in [6, 6.07) is 6.61. The zero-order valence-corrected chi connectivity index (χ0v) is 16.7. The number of rotatable bonds is 5. The maximum Gasteiger partial charge on any atom is 0.340 e. The van der Waals surface area contributed by atoms with Crippen molar-refractivity contribution in [3.05, 3.63) is 56.9 Å². The molecule has 2 aromatic rings. The highest BCUT2D eigenvalue weighted by Crippen LogP contribution is 2.29.